The lowest BCUT2D eigenvalue weighted by molar-refractivity contribution is -0.138. The lowest BCUT2D eigenvalue weighted by Crippen LogP contribution is -2.39. The number of likely N-dealkylation sites (tertiary alicyclic amines) is 1. The summed E-state index contributed by atoms with van der Waals surface area (Å²) in [6.07, 6.45) is 3.24. The van der Waals surface area contributed by atoms with Gasteiger partial charge in [0.1, 0.15) is 5.82 Å². The Morgan fingerprint density at radius 2 is 2.00 bits per heavy atom. The Labute approximate surface area is 117 Å². The van der Waals surface area contributed by atoms with Crippen molar-refractivity contribution in [2.75, 3.05) is 13.1 Å². The quantitative estimate of drug-likeness (QED) is 0.903. The number of aryl methyl sites for hydroxylation is 2. The Balaban J connectivity index is 1.99. The van der Waals surface area contributed by atoms with Gasteiger partial charge in [0, 0.05) is 25.7 Å². The Kier molecular flexibility index (Phi) is 4.32. The first-order valence-corrected chi connectivity index (χ1v) is 6.78. The first-order valence-electron chi connectivity index (χ1n) is 6.78. The Morgan fingerprint density at radius 3 is 2.55 bits per heavy atom. The number of carbonyl (C=O) groups is 2. The van der Waals surface area contributed by atoms with Gasteiger partial charge in [-0.25, -0.2) is 9.97 Å². The lowest BCUT2D eigenvalue weighted by Gasteiger charge is -2.31. The standard InChI is InChI=1S/C14H19N3O3/c1-9-12(8-15-10(2)16-9)14(20)17-5-3-11(4-6-17)7-13(18)19/h8,11H,3-7H2,1-2H3,(H,18,19). The highest BCUT2D eigenvalue weighted by atomic mass is 16.4. The van der Waals surface area contributed by atoms with Crippen LogP contribution in [0.2, 0.25) is 0 Å². The third-order valence-electron chi connectivity index (χ3n) is 3.70. The number of carboxylic acids is 1. The molecule has 0 atom stereocenters. The molecular weight excluding hydrogens is 258 g/mol. The summed E-state index contributed by atoms with van der Waals surface area (Å²) in [6.45, 7) is 4.80. The monoisotopic (exact) mass is 277 g/mol. The van der Waals surface area contributed by atoms with Crippen molar-refractivity contribution in [1.29, 1.82) is 0 Å². The molecule has 0 aliphatic carbocycles. The molecular formula is C14H19N3O3. The van der Waals surface area contributed by atoms with Crippen molar-refractivity contribution in [3.63, 3.8) is 0 Å². The number of carboxylic acid groups (broad SMARTS) is 1. The molecule has 0 unspecified atom stereocenters. The van der Waals surface area contributed by atoms with Gasteiger partial charge in [-0.2, -0.15) is 0 Å². The van der Waals surface area contributed by atoms with Gasteiger partial charge in [0.2, 0.25) is 0 Å². The first-order chi connectivity index (χ1) is 9.47. The molecule has 1 N–H and O–H groups in total. The zero-order valence-electron chi connectivity index (χ0n) is 11.8. The molecule has 2 heterocycles. The van der Waals surface area contributed by atoms with Crippen LogP contribution in [0.4, 0.5) is 0 Å². The molecule has 1 fully saturated rings. The molecule has 2 rings (SSSR count). The third kappa shape index (κ3) is 3.31. The first kappa shape index (κ1) is 14.4. The van der Waals surface area contributed by atoms with Crippen LogP contribution in [0, 0.1) is 19.8 Å². The largest absolute Gasteiger partial charge is 0.481 e. The van der Waals surface area contributed by atoms with Gasteiger partial charge in [-0.1, -0.05) is 0 Å². The summed E-state index contributed by atoms with van der Waals surface area (Å²) >= 11 is 0. The SMILES string of the molecule is Cc1ncc(C(=O)N2CCC(CC(=O)O)CC2)c(C)n1. The van der Waals surface area contributed by atoms with Crippen molar-refractivity contribution in [2.24, 2.45) is 5.92 Å². The van der Waals surface area contributed by atoms with E-state index in [1.807, 2.05) is 0 Å². The van der Waals surface area contributed by atoms with Crippen molar-refractivity contribution in [2.45, 2.75) is 33.1 Å². The molecule has 1 saturated heterocycles. The number of carbonyl (C=O) groups excluding carboxylic acids is 1. The summed E-state index contributed by atoms with van der Waals surface area (Å²) in [5.41, 5.74) is 1.22. The van der Waals surface area contributed by atoms with Crippen LogP contribution < -0.4 is 0 Å². The maximum Gasteiger partial charge on any atom is 0.303 e. The fraction of sp³-hybridized carbons (Fsp3) is 0.571. The maximum absolute atomic E-state index is 12.4. The second-order valence-electron chi connectivity index (χ2n) is 5.25. The number of amides is 1. The van der Waals surface area contributed by atoms with E-state index in [2.05, 4.69) is 9.97 Å². The van der Waals surface area contributed by atoms with E-state index in [0.717, 1.165) is 12.8 Å². The normalized spacial score (nSPS) is 16.2. The molecule has 0 aromatic carbocycles. The summed E-state index contributed by atoms with van der Waals surface area (Å²) < 4.78 is 0. The zero-order chi connectivity index (χ0) is 14.7. The van der Waals surface area contributed by atoms with Gasteiger partial charge >= 0.3 is 5.97 Å². The van der Waals surface area contributed by atoms with Crippen molar-refractivity contribution >= 4 is 11.9 Å². The molecule has 6 nitrogen and oxygen atoms in total. The predicted octanol–water partition coefficient (Wildman–Crippen LogP) is 1.42. The molecule has 1 amide bonds. The fourth-order valence-corrected chi connectivity index (χ4v) is 2.55. The highest BCUT2D eigenvalue weighted by Gasteiger charge is 2.26. The molecule has 0 radical (unpaired) electrons. The number of rotatable bonds is 3. The third-order valence-corrected chi connectivity index (χ3v) is 3.70. The Morgan fingerprint density at radius 1 is 1.35 bits per heavy atom. The number of aromatic nitrogens is 2. The number of hydrogen-bond acceptors (Lipinski definition) is 4. The molecule has 1 aliphatic rings. The second kappa shape index (κ2) is 5.98. The minimum Gasteiger partial charge on any atom is -0.481 e. The Hall–Kier alpha value is -1.98. The summed E-state index contributed by atoms with van der Waals surface area (Å²) in [5, 5.41) is 8.78. The average Bonchev–Trinajstić information content (AvgIpc) is 2.38. The fourth-order valence-electron chi connectivity index (χ4n) is 2.55. The second-order valence-corrected chi connectivity index (χ2v) is 5.25. The van der Waals surface area contributed by atoms with Crippen LogP contribution >= 0.6 is 0 Å². The predicted molar refractivity (Wildman–Crippen MR) is 72.4 cm³/mol. The van der Waals surface area contributed by atoms with Crippen molar-refractivity contribution in [3.8, 4) is 0 Å². The van der Waals surface area contributed by atoms with Crippen molar-refractivity contribution in [1.82, 2.24) is 14.9 Å². The minimum atomic E-state index is -0.766. The van der Waals surface area contributed by atoms with E-state index >= 15 is 0 Å². The summed E-state index contributed by atoms with van der Waals surface area (Å²) in [6, 6.07) is 0. The smallest absolute Gasteiger partial charge is 0.303 e. The van der Waals surface area contributed by atoms with Gasteiger partial charge in [0.25, 0.3) is 5.91 Å². The van der Waals surface area contributed by atoms with Gasteiger partial charge < -0.3 is 10.0 Å². The van der Waals surface area contributed by atoms with Gasteiger partial charge in [-0.3, -0.25) is 9.59 Å². The zero-order valence-corrected chi connectivity index (χ0v) is 11.8. The molecule has 1 aromatic heterocycles. The lowest BCUT2D eigenvalue weighted by atomic mass is 9.93. The number of aliphatic carboxylic acids is 1. The van der Waals surface area contributed by atoms with Crippen LogP contribution in [0.3, 0.4) is 0 Å². The number of nitrogens with zero attached hydrogens (tertiary/aromatic N) is 3. The van der Waals surface area contributed by atoms with E-state index in [0.29, 0.717) is 30.2 Å². The molecule has 108 valence electrons. The highest BCUT2D eigenvalue weighted by Crippen LogP contribution is 2.22. The van der Waals surface area contributed by atoms with Crippen LogP contribution in [-0.2, 0) is 4.79 Å². The topological polar surface area (TPSA) is 83.4 Å². The molecule has 1 aliphatic heterocycles. The number of piperidine rings is 1. The average molecular weight is 277 g/mol. The van der Waals surface area contributed by atoms with Crippen LogP contribution in [0.5, 0.6) is 0 Å². The molecule has 1 aromatic rings. The van der Waals surface area contributed by atoms with Gasteiger partial charge in [0.15, 0.2) is 0 Å². The summed E-state index contributed by atoms with van der Waals surface area (Å²) in [4.78, 5) is 33.1. The summed E-state index contributed by atoms with van der Waals surface area (Å²) in [5.74, 6) is -0.0000355. The van der Waals surface area contributed by atoms with Gasteiger partial charge in [0.05, 0.1) is 11.3 Å². The van der Waals surface area contributed by atoms with E-state index in [9.17, 15) is 9.59 Å². The van der Waals surface area contributed by atoms with Crippen molar-refractivity contribution < 1.29 is 14.7 Å². The summed E-state index contributed by atoms with van der Waals surface area (Å²) in [7, 11) is 0. The number of hydrogen-bond donors (Lipinski definition) is 1. The molecule has 0 saturated carbocycles. The van der Waals surface area contributed by atoms with Crippen LogP contribution in [0.1, 0.15) is 41.1 Å². The maximum atomic E-state index is 12.4. The van der Waals surface area contributed by atoms with E-state index in [4.69, 9.17) is 5.11 Å². The van der Waals surface area contributed by atoms with Crippen LogP contribution in [-0.4, -0.2) is 44.9 Å². The van der Waals surface area contributed by atoms with Gasteiger partial charge in [-0.15, -0.1) is 0 Å². The van der Waals surface area contributed by atoms with Crippen molar-refractivity contribution in [3.05, 3.63) is 23.3 Å². The van der Waals surface area contributed by atoms with E-state index in [1.165, 1.54) is 0 Å². The Bertz CT molecular complexity index is 522. The molecule has 6 heteroatoms. The molecule has 0 bridgehead atoms. The minimum absolute atomic E-state index is 0.0590. The van der Waals surface area contributed by atoms with Crippen LogP contribution in [0.25, 0.3) is 0 Å². The van der Waals surface area contributed by atoms with Crippen LogP contribution in [0.15, 0.2) is 6.20 Å². The van der Waals surface area contributed by atoms with E-state index in [1.54, 1.807) is 24.9 Å². The highest BCUT2D eigenvalue weighted by molar-refractivity contribution is 5.95. The van der Waals surface area contributed by atoms with E-state index < -0.39 is 5.97 Å². The van der Waals surface area contributed by atoms with Gasteiger partial charge in [-0.05, 0) is 32.6 Å². The molecule has 20 heavy (non-hydrogen) atoms. The molecule has 0 spiro atoms. The van der Waals surface area contributed by atoms with E-state index in [-0.39, 0.29) is 18.2 Å².